The van der Waals surface area contributed by atoms with Gasteiger partial charge in [-0.1, -0.05) is 18.2 Å². The SMILES string of the molecule is COC(=O)c1ccccc1-n1cccc1C1C(c2ccccn2)NC(=S)N1c1ccc(OC2CCCC2)cc1. The molecule has 2 unspecified atom stereocenters. The van der Waals surface area contributed by atoms with Gasteiger partial charge in [-0.3, -0.25) is 4.98 Å². The summed E-state index contributed by atoms with van der Waals surface area (Å²) in [4.78, 5) is 19.4. The molecule has 0 amide bonds. The average Bonchev–Trinajstić information content (AvgIpc) is 3.74. The van der Waals surface area contributed by atoms with Crippen molar-refractivity contribution in [1.29, 1.82) is 0 Å². The minimum absolute atomic E-state index is 0.216. The number of nitrogens with one attached hydrogen (secondary N) is 1. The lowest BCUT2D eigenvalue weighted by Gasteiger charge is -2.29. The van der Waals surface area contributed by atoms with Crippen molar-refractivity contribution in [3.05, 3.63) is 108 Å². The molecule has 1 saturated carbocycles. The molecule has 2 aromatic heterocycles. The summed E-state index contributed by atoms with van der Waals surface area (Å²) < 4.78 is 13.3. The average molecular weight is 539 g/mol. The Morgan fingerprint density at radius 1 is 0.974 bits per heavy atom. The van der Waals surface area contributed by atoms with E-state index in [-0.39, 0.29) is 18.1 Å². The molecule has 2 atom stereocenters. The number of nitrogens with zero attached hydrogens (tertiary/aromatic N) is 3. The zero-order valence-electron chi connectivity index (χ0n) is 21.7. The van der Waals surface area contributed by atoms with Gasteiger partial charge in [0.15, 0.2) is 5.11 Å². The molecule has 2 aliphatic rings. The standard InChI is InChI=1S/C31H30N4O3S/c1-37-30(36)24-11-4-5-13-26(24)34-20-8-14-27(34)29-28(25-12-6-7-19-32-25)33-31(39)35(29)21-15-17-23(18-16-21)38-22-9-2-3-10-22/h4-8,11-20,22,28-29H,2-3,9-10H2,1H3,(H,33,39). The lowest BCUT2D eigenvalue weighted by atomic mass is 10.0. The number of benzene rings is 2. The van der Waals surface area contributed by atoms with E-state index >= 15 is 0 Å². The molecular weight excluding hydrogens is 508 g/mol. The zero-order valence-corrected chi connectivity index (χ0v) is 22.5. The van der Waals surface area contributed by atoms with Crippen molar-refractivity contribution < 1.29 is 14.3 Å². The van der Waals surface area contributed by atoms with E-state index in [1.54, 1.807) is 12.3 Å². The van der Waals surface area contributed by atoms with Gasteiger partial charge in [0.05, 0.1) is 36.2 Å². The number of hydrogen-bond acceptors (Lipinski definition) is 5. The fourth-order valence-corrected chi connectivity index (χ4v) is 5.98. The lowest BCUT2D eigenvalue weighted by Crippen LogP contribution is -2.30. The summed E-state index contributed by atoms with van der Waals surface area (Å²) in [5, 5.41) is 4.12. The number of pyridine rings is 1. The van der Waals surface area contributed by atoms with Gasteiger partial charge >= 0.3 is 5.97 Å². The van der Waals surface area contributed by atoms with Crippen LogP contribution in [0.4, 0.5) is 5.69 Å². The van der Waals surface area contributed by atoms with E-state index in [2.05, 4.69) is 33.4 Å². The molecule has 0 spiro atoms. The number of aromatic nitrogens is 2. The Labute approximate surface area is 233 Å². The Morgan fingerprint density at radius 3 is 2.49 bits per heavy atom. The van der Waals surface area contributed by atoms with Crippen LogP contribution in [0.15, 0.2) is 91.3 Å². The molecule has 0 radical (unpaired) electrons. The van der Waals surface area contributed by atoms with Gasteiger partial charge in [0.1, 0.15) is 11.8 Å². The van der Waals surface area contributed by atoms with Gasteiger partial charge in [-0.05, 0) is 98.6 Å². The highest BCUT2D eigenvalue weighted by Gasteiger charge is 2.42. The molecule has 7 nitrogen and oxygen atoms in total. The van der Waals surface area contributed by atoms with Crippen molar-refractivity contribution in [2.45, 2.75) is 43.9 Å². The van der Waals surface area contributed by atoms with Crippen LogP contribution in [0.3, 0.4) is 0 Å². The van der Waals surface area contributed by atoms with Crippen LogP contribution in [0, 0.1) is 0 Å². The molecule has 4 aromatic rings. The number of methoxy groups -OCH3 is 1. The van der Waals surface area contributed by atoms with Crippen molar-refractivity contribution in [2.24, 2.45) is 0 Å². The number of hydrogen-bond donors (Lipinski definition) is 1. The van der Waals surface area contributed by atoms with Crippen LogP contribution in [-0.4, -0.2) is 33.8 Å². The van der Waals surface area contributed by atoms with Gasteiger partial charge in [-0.15, -0.1) is 0 Å². The second kappa shape index (κ2) is 10.9. The molecular formula is C31H30N4O3S. The molecule has 1 saturated heterocycles. The molecule has 2 aromatic carbocycles. The number of ether oxygens (including phenoxy) is 2. The number of carbonyl (C=O) groups excluding carboxylic acids is 1. The number of anilines is 1. The second-order valence-electron chi connectivity index (χ2n) is 9.83. The predicted octanol–water partition coefficient (Wildman–Crippen LogP) is 6.16. The monoisotopic (exact) mass is 538 g/mol. The van der Waals surface area contributed by atoms with E-state index in [9.17, 15) is 4.79 Å². The summed E-state index contributed by atoms with van der Waals surface area (Å²) in [5.74, 6) is 0.484. The number of thiocarbonyl (C=S) groups is 1. The summed E-state index contributed by atoms with van der Waals surface area (Å²) in [7, 11) is 1.40. The van der Waals surface area contributed by atoms with E-state index in [0.29, 0.717) is 16.8 Å². The van der Waals surface area contributed by atoms with Gasteiger partial charge in [-0.2, -0.15) is 0 Å². The number of para-hydroxylation sites is 1. The van der Waals surface area contributed by atoms with Crippen molar-refractivity contribution in [1.82, 2.24) is 14.9 Å². The topological polar surface area (TPSA) is 68.6 Å². The Kier molecular flexibility index (Phi) is 7.02. The highest BCUT2D eigenvalue weighted by atomic mass is 32.1. The Balaban J connectivity index is 1.42. The van der Waals surface area contributed by atoms with E-state index in [1.807, 2.05) is 65.4 Å². The van der Waals surface area contributed by atoms with Gasteiger partial charge < -0.3 is 24.3 Å². The van der Waals surface area contributed by atoms with Crippen molar-refractivity contribution in [3.63, 3.8) is 0 Å². The highest BCUT2D eigenvalue weighted by molar-refractivity contribution is 7.80. The first-order chi connectivity index (χ1) is 19.1. The fraction of sp³-hybridized carbons (Fsp3) is 0.258. The normalized spacial score (nSPS) is 19.2. The van der Waals surface area contributed by atoms with Crippen LogP contribution >= 0.6 is 12.2 Å². The fourth-order valence-electron chi connectivity index (χ4n) is 5.64. The van der Waals surface area contributed by atoms with E-state index in [4.69, 9.17) is 21.7 Å². The van der Waals surface area contributed by atoms with Crippen LogP contribution in [-0.2, 0) is 4.74 Å². The smallest absolute Gasteiger partial charge is 0.339 e. The van der Waals surface area contributed by atoms with Gasteiger partial charge in [-0.25, -0.2) is 4.79 Å². The number of carbonyl (C=O) groups is 1. The number of rotatable bonds is 7. The second-order valence-corrected chi connectivity index (χ2v) is 10.2. The highest BCUT2D eigenvalue weighted by Crippen LogP contribution is 2.43. The lowest BCUT2D eigenvalue weighted by molar-refractivity contribution is 0.0600. The molecule has 6 rings (SSSR count). The molecule has 198 valence electrons. The van der Waals surface area contributed by atoms with Crippen LogP contribution < -0.4 is 15.0 Å². The van der Waals surface area contributed by atoms with Crippen molar-refractivity contribution >= 4 is 29.0 Å². The van der Waals surface area contributed by atoms with Gasteiger partial charge in [0, 0.05) is 23.8 Å². The molecule has 1 aliphatic heterocycles. The third-order valence-corrected chi connectivity index (χ3v) is 7.78. The van der Waals surface area contributed by atoms with Crippen molar-refractivity contribution in [2.75, 3.05) is 12.0 Å². The summed E-state index contributed by atoms with van der Waals surface area (Å²) in [6, 6.07) is 25.1. The minimum Gasteiger partial charge on any atom is -0.490 e. The maximum Gasteiger partial charge on any atom is 0.339 e. The molecule has 3 heterocycles. The molecule has 0 bridgehead atoms. The van der Waals surface area contributed by atoms with E-state index in [0.717, 1.165) is 41.4 Å². The summed E-state index contributed by atoms with van der Waals surface area (Å²) >= 11 is 5.92. The zero-order chi connectivity index (χ0) is 26.8. The maximum absolute atomic E-state index is 12.6. The Morgan fingerprint density at radius 2 is 1.74 bits per heavy atom. The van der Waals surface area contributed by atoms with Crippen LogP contribution in [0.25, 0.3) is 5.69 Å². The number of esters is 1. The minimum atomic E-state index is -0.388. The summed E-state index contributed by atoms with van der Waals surface area (Å²) in [6.45, 7) is 0. The van der Waals surface area contributed by atoms with E-state index in [1.165, 1.54) is 20.0 Å². The van der Waals surface area contributed by atoms with Crippen LogP contribution in [0.5, 0.6) is 5.75 Å². The van der Waals surface area contributed by atoms with Crippen LogP contribution in [0.1, 0.15) is 59.5 Å². The predicted molar refractivity (Wildman–Crippen MR) is 154 cm³/mol. The molecule has 1 N–H and O–H groups in total. The van der Waals surface area contributed by atoms with E-state index < -0.39 is 0 Å². The van der Waals surface area contributed by atoms with Crippen molar-refractivity contribution in [3.8, 4) is 11.4 Å². The molecule has 1 aliphatic carbocycles. The molecule has 39 heavy (non-hydrogen) atoms. The maximum atomic E-state index is 12.6. The molecule has 8 heteroatoms. The first kappa shape index (κ1) is 25.1. The van der Waals surface area contributed by atoms with Gasteiger partial charge in [0.2, 0.25) is 0 Å². The summed E-state index contributed by atoms with van der Waals surface area (Å²) in [6.07, 6.45) is 8.73. The first-order valence-electron chi connectivity index (χ1n) is 13.3. The Hall–Kier alpha value is -4.17. The Bertz CT molecular complexity index is 1460. The third-order valence-electron chi connectivity index (χ3n) is 7.47. The largest absolute Gasteiger partial charge is 0.490 e. The molecule has 2 fully saturated rings. The first-order valence-corrected chi connectivity index (χ1v) is 13.7. The van der Waals surface area contributed by atoms with Gasteiger partial charge in [0.25, 0.3) is 0 Å². The summed E-state index contributed by atoms with van der Waals surface area (Å²) in [5.41, 5.74) is 4.01. The van der Waals surface area contributed by atoms with Crippen LogP contribution in [0.2, 0.25) is 0 Å². The quantitative estimate of drug-likeness (QED) is 0.223. The third kappa shape index (κ3) is 4.88.